The van der Waals surface area contributed by atoms with Crippen molar-refractivity contribution < 1.29 is 18.1 Å². The van der Waals surface area contributed by atoms with Gasteiger partial charge in [-0.25, -0.2) is 8.42 Å². The van der Waals surface area contributed by atoms with Crippen LogP contribution in [0.1, 0.15) is 11.1 Å². The number of non-ortho nitro benzene ring substituents is 1. The molecule has 1 aliphatic rings. The minimum atomic E-state index is -3.99. The quantitative estimate of drug-likeness (QED) is 0.649. The van der Waals surface area contributed by atoms with Crippen LogP contribution in [0, 0.1) is 17.0 Å². The summed E-state index contributed by atoms with van der Waals surface area (Å²) in [6.07, 6.45) is 0.181. The number of benzene rings is 2. The summed E-state index contributed by atoms with van der Waals surface area (Å²) >= 11 is 0. The van der Waals surface area contributed by atoms with Crippen molar-refractivity contribution in [3.8, 4) is 0 Å². The number of nitrogens with one attached hydrogen (secondary N) is 2. The van der Waals surface area contributed by atoms with Gasteiger partial charge in [0.25, 0.3) is 15.7 Å². The molecule has 1 heterocycles. The molecule has 0 spiro atoms. The van der Waals surface area contributed by atoms with Crippen LogP contribution in [0.15, 0.2) is 41.3 Å². The van der Waals surface area contributed by atoms with Crippen LogP contribution >= 0.6 is 0 Å². The molecule has 1 aliphatic heterocycles. The van der Waals surface area contributed by atoms with Crippen molar-refractivity contribution in [3.63, 3.8) is 0 Å². The largest absolute Gasteiger partial charge is 0.326 e. The number of anilines is 2. The maximum Gasteiger partial charge on any atom is 0.270 e. The lowest BCUT2D eigenvalue weighted by atomic mass is 10.1. The van der Waals surface area contributed by atoms with Crippen molar-refractivity contribution in [1.82, 2.24) is 0 Å². The van der Waals surface area contributed by atoms with Crippen LogP contribution in [-0.2, 0) is 21.2 Å². The van der Waals surface area contributed by atoms with E-state index in [0.29, 0.717) is 16.8 Å². The van der Waals surface area contributed by atoms with Crippen LogP contribution in [0.4, 0.5) is 17.1 Å². The Morgan fingerprint density at radius 1 is 1.21 bits per heavy atom. The van der Waals surface area contributed by atoms with Crippen LogP contribution in [0.5, 0.6) is 0 Å². The summed E-state index contributed by atoms with van der Waals surface area (Å²) in [5, 5.41) is 13.5. The van der Waals surface area contributed by atoms with Crippen LogP contribution in [0.25, 0.3) is 0 Å². The van der Waals surface area contributed by atoms with E-state index in [0.717, 1.165) is 6.07 Å². The Kier molecular flexibility index (Phi) is 3.72. The minimum absolute atomic E-state index is 0.153. The van der Waals surface area contributed by atoms with Gasteiger partial charge in [-0.1, -0.05) is 6.07 Å². The summed E-state index contributed by atoms with van der Waals surface area (Å²) in [5.41, 5.74) is 1.72. The molecular weight excluding hydrogens is 334 g/mol. The second-order valence-corrected chi connectivity index (χ2v) is 7.06. The third-order valence-corrected chi connectivity index (χ3v) is 5.18. The summed E-state index contributed by atoms with van der Waals surface area (Å²) < 4.78 is 27.5. The molecule has 3 rings (SSSR count). The Hall–Kier alpha value is -2.94. The molecule has 124 valence electrons. The van der Waals surface area contributed by atoms with E-state index in [1.54, 1.807) is 19.1 Å². The van der Waals surface area contributed by atoms with E-state index in [-0.39, 0.29) is 28.6 Å². The molecule has 2 N–H and O–H groups in total. The maximum absolute atomic E-state index is 12.5. The lowest BCUT2D eigenvalue weighted by molar-refractivity contribution is -0.385. The first-order valence-electron chi connectivity index (χ1n) is 6.97. The van der Waals surface area contributed by atoms with Gasteiger partial charge in [-0.2, -0.15) is 0 Å². The number of fused-ring (bicyclic) bond motifs is 1. The van der Waals surface area contributed by atoms with Crippen LogP contribution in [0.2, 0.25) is 0 Å². The van der Waals surface area contributed by atoms with Gasteiger partial charge in [0.15, 0.2) is 0 Å². The van der Waals surface area contributed by atoms with Gasteiger partial charge in [-0.05, 0) is 36.2 Å². The van der Waals surface area contributed by atoms with Gasteiger partial charge in [0.05, 0.1) is 16.2 Å². The van der Waals surface area contributed by atoms with Crippen LogP contribution in [-0.4, -0.2) is 19.2 Å². The van der Waals surface area contributed by atoms with Crippen molar-refractivity contribution in [2.75, 3.05) is 10.0 Å². The van der Waals surface area contributed by atoms with Gasteiger partial charge in [0.2, 0.25) is 5.91 Å². The Balaban J connectivity index is 1.95. The number of aryl methyl sites for hydroxylation is 1. The van der Waals surface area contributed by atoms with Gasteiger partial charge < -0.3 is 5.32 Å². The molecule has 0 unspecified atom stereocenters. The van der Waals surface area contributed by atoms with Crippen molar-refractivity contribution in [2.24, 2.45) is 0 Å². The van der Waals surface area contributed by atoms with E-state index in [1.165, 1.54) is 18.2 Å². The van der Waals surface area contributed by atoms with Gasteiger partial charge in [0.1, 0.15) is 0 Å². The van der Waals surface area contributed by atoms with Crippen molar-refractivity contribution in [2.45, 2.75) is 18.2 Å². The standard InChI is InChI=1S/C15H13N3O5S/c1-9-2-4-12(18(20)21)8-14(9)24(22,23)17-11-3-5-13-10(6-11)7-15(19)16-13/h2-6,8,17H,7H2,1H3,(H,16,19). The zero-order chi connectivity index (χ0) is 17.5. The Bertz CT molecular complexity index is 969. The van der Waals surface area contributed by atoms with E-state index in [2.05, 4.69) is 10.0 Å². The summed E-state index contributed by atoms with van der Waals surface area (Å²) in [7, 11) is -3.99. The maximum atomic E-state index is 12.5. The fourth-order valence-corrected chi connectivity index (χ4v) is 3.81. The first-order valence-corrected chi connectivity index (χ1v) is 8.45. The predicted molar refractivity (Wildman–Crippen MR) is 87.4 cm³/mol. The second kappa shape index (κ2) is 5.60. The summed E-state index contributed by atoms with van der Waals surface area (Å²) in [5.74, 6) is -0.153. The molecule has 0 aliphatic carbocycles. The molecule has 24 heavy (non-hydrogen) atoms. The van der Waals surface area contributed by atoms with E-state index >= 15 is 0 Å². The molecule has 0 saturated heterocycles. The predicted octanol–water partition coefficient (Wildman–Crippen LogP) is 2.20. The molecule has 2 aromatic rings. The highest BCUT2D eigenvalue weighted by atomic mass is 32.2. The molecule has 0 fully saturated rings. The molecule has 0 bridgehead atoms. The molecular formula is C15H13N3O5S. The monoisotopic (exact) mass is 347 g/mol. The van der Waals surface area contributed by atoms with Gasteiger partial charge in [-0.3, -0.25) is 19.6 Å². The highest BCUT2D eigenvalue weighted by molar-refractivity contribution is 7.92. The lowest BCUT2D eigenvalue weighted by Gasteiger charge is -2.11. The Morgan fingerprint density at radius 2 is 1.96 bits per heavy atom. The first-order chi connectivity index (χ1) is 11.3. The molecule has 9 heteroatoms. The number of hydrogen-bond acceptors (Lipinski definition) is 5. The number of sulfonamides is 1. The zero-order valence-electron chi connectivity index (χ0n) is 12.6. The van der Waals surface area contributed by atoms with E-state index in [9.17, 15) is 23.3 Å². The van der Waals surface area contributed by atoms with Crippen LogP contribution < -0.4 is 10.0 Å². The molecule has 2 aromatic carbocycles. The number of carbonyl (C=O) groups excluding carboxylic acids is 1. The lowest BCUT2D eigenvalue weighted by Crippen LogP contribution is -2.14. The third-order valence-electron chi connectivity index (χ3n) is 3.65. The minimum Gasteiger partial charge on any atom is -0.326 e. The van der Waals surface area contributed by atoms with Gasteiger partial charge >= 0.3 is 0 Å². The SMILES string of the molecule is Cc1ccc([N+](=O)[O-])cc1S(=O)(=O)Nc1ccc2c(c1)CC(=O)N2. The average Bonchev–Trinajstić information content (AvgIpc) is 2.86. The second-order valence-electron chi connectivity index (χ2n) is 5.41. The van der Waals surface area contributed by atoms with E-state index < -0.39 is 14.9 Å². The number of rotatable bonds is 4. The number of nitrogens with zero attached hydrogens (tertiary/aromatic N) is 1. The van der Waals surface area contributed by atoms with Crippen molar-refractivity contribution in [3.05, 3.63) is 57.6 Å². The van der Waals surface area contributed by atoms with Gasteiger partial charge in [-0.15, -0.1) is 0 Å². The summed E-state index contributed by atoms with van der Waals surface area (Å²) in [6, 6.07) is 8.36. The number of hydrogen-bond donors (Lipinski definition) is 2. The van der Waals surface area contributed by atoms with Crippen molar-refractivity contribution >= 4 is 33.0 Å². The molecule has 1 amide bonds. The molecule has 0 radical (unpaired) electrons. The Labute approximate surface area is 137 Å². The number of amides is 1. The highest BCUT2D eigenvalue weighted by Gasteiger charge is 2.22. The fourth-order valence-electron chi connectivity index (χ4n) is 2.49. The fraction of sp³-hybridized carbons (Fsp3) is 0.133. The topological polar surface area (TPSA) is 118 Å². The summed E-state index contributed by atoms with van der Waals surface area (Å²) in [4.78, 5) is 21.4. The summed E-state index contributed by atoms with van der Waals surface area (Å²) in [6.45, 7) is 1.56. The first kappa shape index (κ1) is 15.9. The molecule has 0 saturated carbocycles. The third kappa shape index (κ3) is 2.93. The highest BCUT2D eigenvalue weighted by Crippen LogP contribution is 2.28. The zero-order valence-corrected chi connectivity index (χ0v) is 13.4. The molecule has 0 atom stereocenters. The Morgan fingerprint density at radius 3 is 2.67 bits per heavy atom. The molecule has 0 aromatic heterocycles. The van der Waals surface area contributed by atoms with Crippen molar-refractivity contribution in [1.29, 1.82) is 0 Å². The van der Waals surface area contributed by atoms with Gasteiger partial charge in [0, 0.05) is 23.5 Å². The average molecular weight is 347 g/mol. The number of carbonyl (C=O) groups is 1. The number of nitro benzene ring substituents is 1. The van der Waals surface area contributed by atoms with E-state index in [1.807, 2.05) is 0 Å². The smallest absolute Gasteiger partial charge is 0.270 e. The van der Waals surface area contributed by atoms with E-state index in [4.69, 9.17) is 0 Å². The number of nitro groups is 1. The van der Waals surface area contributed by atoms with Crippen LogP contribution in [0.3, 0.4) is 0 Å². The molecule has 8 nitrogen and oxygen atoms in total. The normalized spacial score (nSPS) is 13.3.